The molecule has 0 radical (unpaired) electrons. The lowest BCUT2D eigenvalue weighted by Crippen LogP contribution is -2.50. The molecule has 0 heterocycles. The first-order valence-corrected chi connectivity index (χ1v) is 8.67. The first kappa shape index (κ1) is 17.6. The summed E-state index contributed by atoms with van der Waals surface area (Å²) in [6.07, 6.45) is 0. The lowest BCUT2D eigenvalue weighted by molar-refractivity contribution is 0.372. The van der Waals surface area contributed by atoms with Crippen LogP contribution in [-0.2, 0) is 16.6 Å². The highest BCUT2D eigenvalue weighted by Gasteiger charge is 2.29. The van der Waals surface area contributed by atoms with Gasteiger partial charge in [-0.3, -0.25) is 0 Å². The van der Waals surface area contributed by atoms with Gasteiger partial charge in [-0.2, -0.15) is 0 Å². The number of nitrogens with one attached hydrogen (secondary N) is 1. The average molecular weight is 367 g/mol. The van der Waals surface area contributed by atoms with Crippen molar-refractivity contribution in [1.29, 1.82) is 0 Å². The van der Waals surface area contributed by atoms with Gasteiger partial charge in [0.2, 0.25) is 10.0 Å². The molecule has 1 aromatic carbocycles. The van der Waals surface area contributed by atoms with E-state index in [0.717, 1.165) is 0 Å². The maximum Gasteiger partial charge on any atom is 0.213 e. The molecule has 0 aromatic heterocycles. The monoisotopic (exact) mass is 366 g/mol. The van der Waals surface area contributed by atoms with Crippen LogP contribution in [0, 0.1) is 11.7 Å². The Morgan fingerprint density at radius 1 is 1.40 bits per heavy atom. The summed E-state index contributed by atoms with van der Waals surface area (Å²) in [6, 6.07) is 4.26. The minimum Gasteiger partial charge on any atom is -0.324 e. The van der Waals surface area contributed by atoms with E-state index < -0.39 is 21.4 Å². The van der Waals surface area contributed by atoms with Crippen molar-refractivity contribution in [2.24, 2.45) is 11.7 Å². The summed E-state index contributed by atoms with van der Waals surface area (Å²) in [5, 5.41) is 0. The van der Waals surface area contributed by atoms with E-state index in [2.05, 4.69) is 20.7 Å². The summed E-state index contributed by atoms with van der Waals surface area (Å²) < 4.78 is 40.2. The predicted molar refractivity (Wildman–Crippen MR) is 82.2 cm³/mol. The molecule has 114 valence electrons. The quantitative estimate of drug-likeness (QED) is 0.811. The first-order chi connectivity index (χ1) is 9.02. The zero-order chi connectivity index (χ0) is 15.6. The maximum atomic E-state index is 13.2. The van der Waals surface area contributed by atoms with E-state index >= 15 is 0 Å². The Morgan fingerprint density at radius 2 is 2.00 bits per heavy atom. The van der Waals surface area contributed by atoms with Gasteiger partial charge in [-0.1, -0.05) is 29.8 Å². The smallest absolute Gasteiger partial charge is 0.213 e. The average Bonchev–Trinajstić information content (AvgIpc) is 2.23. The lowest BCUT2D eigenvalue weighted by Gasteiger charge is -2.28. The highest BCUT2D eigenvalue weighted by molar-refractivity contribution is 9.10. The van der Waals surface area contributed by atoms with E-state index in [4.69, 9.17) is 5.73 Å². The highest BCUT2D eigenvalue weighted by atomic mass is 79.9. The van der Waals surface area contributed by atoms with E-state index in [1.54, 1.807) is 13.0 Å². The number of nitrogens with two attached hydrogens (primary N) is 1. The van der Waals surface area contributed by atoms with Gasteiger partial charge in [-0.05, 0) is 36.6 Å². The van der Waals surface area contributed by atoms with Crippen LogP contribution in [0.15, 0.2) is 22.7 Å². The van der Waals surface area contributed by atoms with Gasteiger partial charge in [0.1, 0.15) is 5.82 Å². The Bertz CT molecular complexity index is 553. The maximum absolute atomic E-state index is 13.2. The molecule has 0 fully saturated rings. The molecule has 0 saturated heterocycles. The third kappa shape index (κ3) is 5.47. The van der Waals surface area contributed by atoms with Gasteiger partial charge in [0.15, 0.2) is 0 Å². The number of rotatable bonds is 6. The molecule has 0 aliphatic rings. The third-order valence-electron chi connectivity index (χ3n) is 3.24. The van der Waals surface area contributed by atoms with E-state index in [1.165, 1.54) is 12.1 Å². The van der Waals surface area contributed by atoms with Crippen LogP contribution in [0.2, 0.25) is 0 Å². The van der Waals surface area contributed by atoms with Crippen molar-refractivity contribution in [3.05, 3.63) is 34.1 Å². The van der Waals surface area contributed by atoms with Crippen LogP contribution in [0.5, 0.6) is 0 Å². The van der Waals surface area contributed by atoms with Crippen molar-refractivity contribution in [3.8, 4) is 0 Å². The number of hydrogen-bond acceptors (Lipinski definition) is 3. The fourth-order valence-corrected chi connectivity index (χ4v) is 3.69. The van der Waals surface area contributed by atoms with E-state index in [1.807, 2.05) is 13.8 Å². The molecule has 0 bridgehead atoms. The van der Waals surface area contributed by atoms with Crippen molar-refractivity contribution in [2.45, 2.75) is 32.9 Å². The molecule has 3 N–H and O–H groups in total. The molecule has 1 atom stereocenters. The second-order valence-electron chi connectivity index (χ2n) is 5.52. The van der Waals surface area contributed by atoms with Gasteiger partial charge in [0.05, 0.1) is 5.75 Å². The number of halogens is 2. The van der Waals surface area contributed by atoms with E-state index in [-0.39, 0.29) is 18.2 Å². The third-order valence-corrected chi connectivity index (χ3v) is 5.28. The van der Waals surface area contributed by atoms with Gasteiger partial charge in [0.25, 0.3) is 0 Å². The van der Waals surface area contributed by atoms with Gasteiger partial charge in [-0.15, -0.1) is 0 Å². The van der Waals surface area contributed by atoms with Gasteiger partial charge in [0, 0.05) is 16.6 Å². The number of benzene rings is 1. The molecule has 0 spiro atoms. The lowest BCUT2D eigenvalue weighted by atomic mass is 9.92. The van der Waals surface area contributed by atoms with Crippen molar-refractivity contribution in [3.63, 3.8) is 0 Å². The zero-order valence-electron chi connectivity index (χ0n) is 11.8. The summed E-state index contributed by atoms with van der Waals surface area (Å²) in [5.74, 6) is -0.560. The van der Waals surface area contributed by atoms with Crippen LogP contribution in [-0.4, -0.2) is 19.7 Å². The number of hydrogen-bond donors (Lipinski definition) is 2. The van der Waals surface area contributed by atoms with Crippen molar-refractivity contribution in [1.82, 2.24) is 4.72 Å². The molecule has 0 saturated carbocycles. The predicted octanol–water partition coefficient (Wildman–Crippen LogP) is 2.38. The van der Waals surface area contributed by atoms with Crippen LogP contribution >= 0.6 is 15.9 Å². The van der Waals surface area contributed by atoms with Crippen LogP contribution in [0.25, 0.3) is 0 Å². The minimum atomic E-state index is -3.52. The second-order valence-corrected chi connectivity index (χ2v) is 8.24. The molecule has 4 nitrogen and oxygen atoms in total. The van der Waals surface area contributed by atoms with Crippen molar-refractivity contribution in [2.75, 3.05) is 5.75 Å². The van der Waals surface area contributed by atoms with Gasteiger partial charge >= 0.3 is 0 Å². The summed E-state index contributed by atoms with van der Waals surface area (Å²) in [7, 11) is -3.52. The van der Waals surface area contributed by atoms with Crippen molar-refractivity contribution >= 4 is 26.0 Å². The molecule has 0 aliphatic carbocycles. The Labute approximate surface area is 128 Å². The molecular formula is C13H20BrFN2O2S. The topological polar surface area (TPSA) is 72.2 Å². The molecule has 0 unspecified atom stereocenters. The molecule has 20 heavy (non-hydrogen) atoms. The molecular weight excluding hydrogens is 347 g/mol. The first-order valence-electron chi connectivity index (χ1n) is 6.23. The summed E-state index contributed by atoms with van der Waals surface area (Å²) in [5.41, 5.74) is 5.71. The van der Waals surface area contributed by atoms with Crippen LogP contribution in [0.4, 0.5) is 4.39 Å². The standard InChI is InChI=1S/C13H20BrFN2O2S/c1-9(2)13(3,16)8-20(18,19)17-7-10-4-11(14)6-12(15)5-10/h4-6,9,17H,7-8,16H2,1-3H3/t13-/m0/s1. The normalized spacial score (nSPS) is 15.3. The highest BCUT2D eigenvalue weighted by Crippen LogP contribution is 2.17. The van der Waals surface area contributed by atoms with Crippen molar-refractivity contribution < 1.29 is 12.8 Å². The fourth-order valence-electron chi connectivity index (χ4n) is 1.53. The van der Waals surface area contributed by atoms with Crippen LogP contribution in [0.3, 0.4) is 0 Å². The summed E-state index contributed by atoms with van der Waals surface area (Å²) in [4.78, 5) is 0. The summed E-state index contributed by atoms with van der Waals surface area (Å²) >= 11 is 3.16. The minimum absolute atomic E-state index is 0.0300. The molecule has 1 aromatic rings. The molecule has 0 amide bonds. The largest absolute Gasteiger partial charge is 0.324 e. The SMILES string of the molecule is CC(C)[C@@](C)(N)CS(=O)(=O)NCc1cc(F)cc(Br)c1. The Balaban J connectivity index is 2.73. The molecule has 1 rings (SSSR count). The second kappa shape index (κ2) is 6.51. The van der Waals surface area contributed by atoms with E-state index in [0.29, 0.717) is 10.0 Å². The van der Waals surface area contributed by atoms with E-state index in [9.17, 15) is 12.8 Å². The number of sulfonamides is 1. The summed E-state index contributed by atoms with van der Waals surface area (Å²) in [6.45, 7) is 5.49. The zero-order valence-corrected chi connectivity index (χ0v) is 14.2. The van der Waals surface area contributed by atoms with Gasteiger partial charge < -0.3 is 5.73 Å². The Morgan fingerprint density at radius 3 is 2.50 bits per heavy atom. The Hall–Kier alpha value is -0.500. The molecule has 0 aliphatic heterocycles. The fraction of sp³-hybridized carbons (Fsp3) is 0.538. The van der Waals surface area contributed by atoms with Gasteiger partial charge in [-0.25, -0.2) is 17.5 Å². The molecule has 7 heteroatoms. The Kier molecular flexibility index (Phi) is 5.71. The van der Waals surface area contributed by atoms with Crippen LogP contribution < -0.4 is 10.5 Å². The van der Waals surface area contributed by atoms with Crippen LogP contribution in [0.1, 0.15) is 26.3 Å².